The van der Waals surface area contributed by atoms with E-state index < -0.39 is 52.8 Å². The maximum atomic E-state index is 13.5. The van der Waals surface area contributed by atoms with E-state index in [0.717, 1.165) is 4.90 Å². The summed E-state index contributed by atoms with van der Waals surface area (Å²) in [6, 6.07) is 3.02. The number of hydrogen-bond acceptors (Lipinski definition) is 6. The molecule has 0 radical (unpaired) electrons. The van der Waals surface area contributed by atoms with E-state index in [4.69, 9.17) is 5.73 Å². The van der Waals surface area contributed by atoms with Crippen LogP contribution in [-0.2, 0) is 14.4 Å². The number of phenols is 1. The third kappa shape index (κ3) is 3.95. The molecule has 1 aromatic carbocycles. The van der Waals surface area contributed by atoms with E-state index in [9.17, 15) is 29.4 Å². The zero-order chi connectivity index (χ0) is 24.0. The number of nitrogens with two attached hydrogens (primary N) is 1. The van der Waals surface area contributed by atoms with Crippen molar-refractivity contribution in [1.82, 2.24) is 15.5 Å². The highest BCUT2D eigenvalue weighted by Crippen LogP contribution is 2.53. The Labute approximate surface area is 193 Å². The molecule has 32 heavy (non-hydrogen) atoms. The molecule has 2 aliphatic heterocycles. The number of rotatable bonds is 6. The van der Waals surface area contributed by atoms with Crippen molar-refractivity contribution in [3.8, 4) is 5.75 Å². The fourth-order valence-electron chi connectivity index (χ4n) is 4.82. The monoisotopic (exact) mass is 510 g/mol. The van der Waals surface area contributed by atoms with Gasteiger partial charge in [-0.1, -0.05) is 15.9 Å². The van der Waals surface area contributed by atoms with Crippen molar-refractivity contribution in [2.24, 2.45) is 17.6 Å². The first-order valence-corrected chi connectivity index (χ1v) is 11.0. The number of amides is 4. The number of hydrogen-bond donors (Lipinski definition) is 5. The van der Waals surface area contributed by atoms with Crippen LogP contribution in [0.2, 0.25) is 0 Å². The topological polar surface area (TPSA) is 162 Å². The van der Waals surface area contributed by atoms with E-state index in [1.165, 1.54) is 6.07 Å². The van der Waals surface area contributed by atoms with Gasteiger partial charge in [-0.15, -0.1) is 0 Å². The number of carboxylic acids is 1. The standard InChI is InChI=1S/C21H27BrN4O6/c1-20(2,3)26-16(28)13-14(17(26)29)21(18(30)31,7-4-8-24-19(23)32)25-15(13)11-9-10(22)5-6-12(11)27/h5-6,9,13-15,25,27H,4,7-8H2,1-3H3,(H,30,31)(H3,23,24,32). The Hall–Kier alpha value is -2.66. The molecule has 0 aromatic heterocycles. The van der Waals surface area contributed by atoms with Crippen LogP contribution in [0, 0.1) is 11.8 Å². The molecule has 0 saturated carbocycles. The molecule has 4 amide bonds. The van der Waals surface area contributed by atoms with Gasteiger partial charge >= 0.3 is 12.0 Å². The lowest BCUT2D eigenvalue weighted by Gasteiger charge is -2.35. The van der Waals surface area contributed by atoms with Crippen LogP contribution >= 0.6 is 15.9 Å². The number of benzene rings is 1. The molecule has 0 spiro atoms. The molecule has 4 atom stereocenters. The highest BCUT2D eigenvalue weighted by molar-refractivity contribution is 9.10. The molecular weight excluding hydrogens is 484 g/mol. The van der Waals surface area contributed by atoms with E-state index in [2.05, 4.69) is 26.6 Å². The van der Waals surface area contributed by atoms with Gasteiger partial charge < -0.3 is 21.3 Å². The lowest BCUT2D eigenvalue weighted by atomic mass is 9.77. The summed E-state index contributed by atoms with van der Waals surface area (Å²) < 4.78 is 0.631. The summed E-state index contributed by atoms with van der Waals surface area (Å²) in [5.41, 5.74) is 2.79. The van der Waals surface area contributed by atoms with Crippen molar-refractivity contribution in [2.45, 2.75) is 50.7 Å². The van der Waals surface area contributed by atoms with Crippen molar-refractivity contribution in [1.29, 1.82) is 0 Å². The van der Waals surface area contributed by atoms with Crippen LogP contribution in [0.15, 0.2) is 22.7 Å². The SMILES string of the molecule is CC(C)(C)N1C(=O)C2C(c3cc(Br)ccc3O)NC(CCCNC(N)=O)(C(=O)O)C2C1=O. The summed E-state index contributed by atoms with van der Waals surface area (Å²) in [7, 11) is 0. The van der Waals surface area contributed by atoms with E-state index in [0.29, 0.717) is 10.0 Å². The minimum absolute atomic E-state index is 0.0357. The molecule has 2 heterocycles. The molecule has 3 rings (SSSR count). The first kappa shape index (κ1) is 24.0. The third-order valence-electron chi connectivity index (χ3n) is 6.08. The van der Waals surface area contributed by atoms with Gasteiger partial charge in [0.15, 0.2) is 0 Å². The minimum atomic E-state index is -1.77. The number of imide groups is 1. The number of likely N-dealkylation sites (tertiary alicyclic amines) is 1. The minimum Gasteiger partial charge on any atom is -0.508 e. The van der Waals surface area contributed by atoms with Crippen molar-refractivity contribution >= 4 is 39.7 Å². The van der Waals surface area contributed by atoms with E-state index in [1.807, 2.05) is 0 Å². The average Bonchev–Trinajstić information content (AvgIpc) is 3.15. The number of urea groups is 1. The molecule has 4 unspecified atom stereocenters. The lowest BCUT2D eigenvalue weighted by Crippen LogP contribution is -2.57. The van der Waals surface area contributed by atoms with Gasteiger partial charge in [-0.25, -0.2) is 4.79 Å². The third-order valence-corrected chi connectivity index (χ3v) is 6.57. The second-order valence-electron chi connectivity index (χ2n) is 9.18. The Morgan fingerprint density at radius 1 is 1.28 bits per heavy atom. The number of halogens is 1. The number of nitrogens with zero attached hydrogens (tertiary/aromatic N) is 1. The van der Waals surface area contributed by atoms with Crippen LogP contribution in [0.5, 0.6) is 5.75 Å². The zero-order valence-corrected chi connectivity index (χ0v) is 19.6. The molecule has 2 fully saturated rings. The number of carbonyl (C=O) groups is 4. The van der Waals surface area contributed by atoms with Crippen LogP contribution in [-0.4, -0.2) is 56.6 Å². The van der Waals surface area contributed by atoms with Gasteiger partial charge in [0.1, 0.15) is 11.3 Å². The smallest absolute Gasteiger partial charge is 0.324 e. The quantitative estimate of drug-likeness (QED) is 0.285. The predicted octanol–water partition coefficient (Wildman–Crippen LogP) is 1.47. The van der Waals surface area contributed by atoms with Crippen molar-refractivity contribution in [3.63, 3.8) is 0 Å². The fourth-order valence-corrected chi connectivity index (χ4v) is 5.20. The first-order chi connectivity index (χ1) is 14.8. The zero-order valence-electron chi connectivity index (χ0n) is 18.0. The van der Waals surface area contributed by atoms with Gasteiger partial charge in [0.2, 0.25) is 11.8 Å². The summed E-state index contributed by atoms with van der Waals surface area (Å²) in [5, 5.41) is 26.2. The normalized spacial score (nSPS) is 27.5. The van der Waals surface area contributed by atoms with Crippen LogP contribution in [0.3, 0.4) is 0 Å². The van der Waals surface area contributed by atoms with Crippen LogP contribution in [0.1, 0.15) is 45.2 Å². The Balaban J connectivity index is 2.11. The Kier molecular flexibility index (Phi) is 6.27. The van der Waals surface area contributed by atoms with Gasteiger partial charge in [-0.3, -0.25) is 24.6 Å². The number of primary amides is 1. The Morgan fingerprint density at radius 2 is 1.94 bits per heavy atom. The molecule has 2 aliphatic rings. The van der Waals surface area contributed by atoms with E-state index >= 15 is 0 Å². The van der Waals surface area contributed by atoms with Gasteiger partial charge in [0.25, 0.3) is 0 Å². The molecule has 0 aliphatic carbocycles. The molecule has 6 N–H and O–H groups in total. The molecule has 2 saturated heterocycles. The predicted molar refractivity (Wildman–Crippen MR) is 117 cm³/mol. The highest BCUT2D eigenvalue weighted by Gasteiger charge is 2.69. The molecule has 0 bridgehead atoms. The van der Waals surface area contributed by atoms with Crippen LogP contribution in [0.25, 0.3) is 0 Å². The Morgan fingerprint density at radius 3 is 2.50 bits per heavy atom. The molecule has 1 aromatic rings. The summed E-state index contributed by atoms with van der Waals surface area (Å²) >= 11 is 3.34. The highest BCUT2D eigenvalue weighted by atomic mass is 79.9. The second kappa shape index (κ2) is 8.36. The molecule has 174 valence electrons. The van der Waals surface area contributed by atoms with Crippen molar-refractivity contribution in [3.05, 3.63) is 28.2 Å². The lowest BCUT2D eigenvalue weighted by molar-refractivity contribution is -0.154. The molecular formula is C21H27BrN4O6. The summed E-state index contributed by atoms with van der Waals surface area (Å²) in [6.45, 7) is 5.24. The Bertz CT molecular complexity index is 978. The summed E-state index contributed by atoms with van der Waals surface area (Å²) in [5.74, 6) is -4.63. The van der Waals surface area contributed by atoms with Crippen LogP contribution < -0.4 is 16.4 Å². The molecule has 10 nitrogen and oxygen atoms in total. The molecule has 11 heteroatoms. The van der Waals surface area contributed by atoms with Crippen molar-refractivity contribution in [2.75, 3.05) is 6.54 Å². The van der Waals surface area contributed by atoms with Gasteiger partial charge in [0.05, 0.1) is 11.8 Å². The first-order valence-electron chi connectivity index (χ1n) is 10.2. The number of carboxylic acid groups (broad SMARTS) is 1. The van der Waals surface area contributed by atoms with Crippen molar-refractivity contribution < 1.29 is 29.4 Å². The number of aromatic hydroxyl groups is 1. The maximum Gasteiger partial charge on any atom is 0.324 e. The van der Waals surface area contributed by atoms with E-state index in [-0.39, 0.29) is 25.1 Å². The number of nitrogens with one attached hydrogen (secondary N) is 2. The average molecular weight is 511 g/mol. The van der Waals surface area contributed by atoms with Gasteiger partial charge in [0, 0.05) is 28.2 Å². The number of aliphatic carboxylic acids is 1. The number of phenolic OH excluding ortho intramolecular Hbond substituents is 1. The number of fused-ring (bicyclic) bond motifs is 1. The summed E-state index contributed by atoms with van der Waals surface area (Å²) in [6.07, 6.45) is 0.172. The fraction of sp³-hybridized carbons (Fsp3) is 0.524. The number of carbonyl (C=O) groups excluding carboxylic acids is 3. The summed E-state index contributed by atoms with van der Waals surface area (Å²) in [4.78, 5) is 51.7. The van der Waals surface area contributed by atoms with Gasteiger partial charge in [-0.2, -0.15) is 0 Å². The maximum absolute atomic E-state index is 13.5. The van der Waals surface area contributed by atoms with E-state index in [1.54, 1.807) is 32.9 Å². The van der Waals surface area contributed by atoms with Crippen LogP contribution in [0.4, 0.5) is 4.79 Å². The largest absolute Gasteiger partial charge is 0.508 e. The van der Waals surface area contributed by atoms with Gasteiger partial charge in [-0.05, 0) is 51.8 Å². The second-order valence-corrected chi connectivity index (χ2v) is 10.1.